The van der Waals surface area contributed by atoms with Crippen LogP contribution in [0.4, 0.5) is 0 Å². The van der Waals surface area contributed by atoms with Crippen molar-refractivity contribution in [2.75, 3.05) is 6.61 Å². The SMILES string of the molecule is CCCCCCCCCCC/C=C\C/C=C\CCCCCCCCCC(=O)NC(CO)C(O)C(O)CCC/C=C/CC/C=C/CCCCCCCCCCCCCC. The molecule has 0 aromatic rings. The third-order valence-corrected chi connectivity index (χ3v) is 11.6. The van der Waals surface area contributed by atoms with E-state index in [0.29, 0.717) is 12.8 Å². The predicted octanol–water partition coefficient (Wildman–Crippen LogP) is 15.3. The third-order valence-electron chi connectivity index (χ3n) is 11.6. The van der Waals surface area contributed by atoms with E-state index in [1.54, 1.807) is 0 Å². The molecule has 5 nitrogen and oxygen atoms in total. The second-order valence-corrected chi connectivity index (χ2v) is 17.4. The lowest BCUT2D eigenvalue weighted by Crippen LogP contribution is -2.50. The smallest absolute Gasteiger partial charge is 0.220 e. The predicted molar refractivity (Wildman–Crippen MR) is 254 cm³/mol. The summed E-state index contributed by atoms with van der Waals surface area (Å²) in [7, 11) is 0. The lowest BCUT2D eigenvalue weighted by Gasteiger charge is -2.26. The third kappa shape index (κ3) is 42.4. The molecule has 3 unspecified atom stereocenters. The van der Waals surface area contributed by atoms with Crippen LogP contribution in [0.15, 0.2) is 48.6 Å². The van der Waals surface area contributed by atoms with E-state index in [0.717, 1.165) is 57.8 Å². The highest BCUT2D eigenvalue weighted by atomic mass is 16.3. The van der Waals surface area contributed by atoms with E-state index < -0.39 is 18.2 Å². The van der Waals surface area contributed by atoms with Crippen molar-refractivity contribution in [1.82, 2.24) is 5.32 Å². The number of amides is 1. The van der Waals surface area contributed by atoms with Crippen LogP contribution in [0.2, 0.25) is 0 Å². The molecule has 0 bridgehead atoms. The zero-order chi connectivity index (χ0) is 42.3. The van der Waals surface area contributed by atoms with Gasteiger partial charge in [-0.1, -0.05) is 217 Å². The minimum atomic E-state index is -1.17. The monoisotopic (exact) mass is 814 g/mol. The molecule has 0 aliphatic heterocycles. The molecule has 5 heteroatoms. The Labute approximate surface area is 361 Å². The van der Waals surface area contributed by atoms with Gasteiger partial charge in [-0.3, -0.25) is 4.79 Å². The number of allylic oxidation sites excluding steroid dienone is 8. The second kappa shape index (κ2) is 48.0. The van der Waals surface area contributed by atoms with E-state index in [2.05, 4.69) is 67.8 Å². The fourth-order valence-electron chi connectivity index (χ4n) is 7.68. The van der Waals surface area contributed by atoms with E-state index in [1.165, 1.54) is 173 Å². The van der Waals surface area contributed by atoms with Gasteiger partial charge in [-0.2, -0.15) is 0 Å². The van der Waals surface area contributed by atoms with Gasteiger partial charge in [0.15, 0.2) is 0 Å². The second-order valence-electron chi connectivity index (χ2n) is 17.4. The van der Waals surface area contributed by atoms with Gasteiger partial charge in [0.05, 0.1) is 18.8 Å². The van der Waals surface area contributed by atoms with Gasteiger partial charge < -0.3 is 20.6 Å². The van der Waals surface area contributed by atoms with Crippen LogP contribution < -0.4 is 5.32 Å². The first-order chi connectivity index (χ1) is 28.6. The highest BCUT2D eigenvalue weighted by molar-refractivity contribution is 5.76. The summed E-state index contributed by atoms with van der Waals surface area (Å²) in [6.07, 6.45) is 62.4. The molecule has 0 rings (SSSR count). The molecule has 0 radical (unpaired) electrons. The number of hydrogen-bond acceptors (Lipinski definition) is 4. The number of carbonyl (C=O) groups is 1. The summed E-state index contributed by atoms with van der Waals surface area (Å²) < 4.78 is 0. The van der Waals surface area contributed by atoms with Gasteiger partial charge in [0.1, 0.15) is 6.10 Å². The number of aliphatic hydroxyl groups excluding tert-OH is 3. The molecule has 0 spiro atoms. The quantitative estimate of drug-likeness (QED) is 0.0364. The Morgan fingerprint density at radius 2 is 0.759 bits per heavy atom. The molecule has 0 heterocycles. The van der Waals surface area contributed by atoms with Crippen molar-refractivity contribution in [2.45, 2.75) is 276 Å². The Bertz CT molecular complexity index is 943. The Morgan fingerprint density at radius 3 is 1.16 bits per heavy atom. The molecule has 0 aromatic heterocycles. The normalized spacial score (nSPS) is 13.8. The Kier molecular flexibility index (Phi) is 46.6. The van der Waals surface area contributed by atoms with Gasteiger partial charge in [-0.15, -0.1) is 0 Å². The van der Waals surface area contributed by atoms with Crippen molar-refractivity contribution in [3.8, 4) is 0 Å². The van der Waals surface area contributed by atoms with Gasteiger partial charge in [0, 0.05) is 6.42 Å². The summed E-state index contributed by atoms with van der Waals surface area (Å²) in [6, 6.07) is -0.839. The van der Waals surface area contributed by atoms with Crippen LogP contribution >= 0.6 is 0 Å². The fourth-order valence-corrected chi connectivity index (χ4v) is 7.68. The van der Waals surface area contributed by atoms with Crippen molar-refractivity contribution in [3.05, 3.63) is 48.6 Å². The lowest BCUT2D eigenvalue weighted by molar-refractivity contribution is -0.124. The lowest BCUT2D eigenvalue weighted by atomic mass is 10.0. The van der Waals surface area contributed by atoms with Crippen molar-refractivity contribution >= 4 is 5.91 Å². The van der Waals surface area contributed by atoms with Crippen LogP contribution in [0.5, 0.6) is 0 Å². The standard InChI is InChI=1S/C53H99NO4/c1-3-5-7-9-11-13-15-17-19-21-23-25-26-28-30-32-34-36-38-40-42-44-46-48-52(57)54-50(49-55)53(58)51(56)47-45-43-41-39-37-35-33-31-29-27-24-22-20-18-16-14-12-10-8-6-4-2/h23,25,28,30-31,33,39,41,50-51,53,55-56,58H,3-22,24,26-27,29,32,34-38,40,42-49H2,1-2H3,(H,54,57)/b25-23-,30-28-,33-31+,41-39+. The molecule has 58 heavy (non-hydrogen) atoms. The summed E-state index contributed by atoms with van der Waals surface area (Å²) in [4.78, 5) is 12.5. The van der Waals surface area contributed by atoms with Gasteiger partial charge in [-0.25, -0.2) is 0 Å². The Balaban J connectivity index is 3.67. The highest BCUT2D eigenvalue weighted by Crippen LogP contribution is 2.15. The first kappa shape index (κ1) is 56.3. The largest absolute Gasteiger partial charge is 0.394 e. The van der Waals surface area contributed by atoms with E-state index in [4.69, 9.17) is 0 Å². The molecule has 0 saturated carbocycles. The average Bonchev–Trinajstić information content (AvgIpc) is 3.23. The maximum absolute atomic E-state index is 12.5. The molecular weight excluding hydrogens is 715 g/mol. The Morgan fingerprint density at radius 1 is 0.431 bits per heavy atom. The first-order valence-corrected chi connectivity index (χ1v) is 25.4. The van der Waals surface area contributed by atoms with Crippen molar-refractivity contribution in [3.63, 3.8) is 0 Å². The summed E-state index contributed by atoms with van der Waals surface area (Å²) in [6.45, 7) is 4.17. The van der Waals surface area contributed by atoms with Crippen molar-refractivity contribution < 1.29 is 20.1 Å². The maximum Gasteiger partial charge on any atom is 0.220 e. The number of carbonyl (C=O) groups excluding carboxylic acids is 1. The highest BCUT2D eigenvalue weighted by Gasteiger charge is 2.26. The molecule has 0 saturated heterocycles. The van der Waals surface area contributed by atoms with Crippen LogP contribution in [0, 0.1) is 0 Å². The number of nitrogens with one attached hydrogen (secondary N) is 1. The molecule has 0 fully saturated rings. The van der Waals surface area contributed by atoms with Crippen LogP contribution in [-0.2, 0) is 4.79 Å². The number of aliphatic hydroxyl groups is 3. The minimum absolute atomic E-state index is 0.165. The van der Waals surface area contributed by atoms with Crippen LogP contribution in [0.3, 0.4) is 0 Å². The zero-order valence-electron chi connectivity index (χ0n) is 38.7. The fraction of sp³-hybridized carbons (Fsp3) is 0.830. The van der Waals surface area contributed by atoms with E-state index in [1.807, 2.05) is 0 Å². The summed E-state index contributed by atoms with van der Waals surface area (Å²) in [5.74, 6) is -0.165. The van der Waals surface area contributed by atoms with Gasteiger partial charge in [0.2, 0.25) is 5.91 Å². The molecule has 0 aromatic carbocycles. The molecule has 4 N–H and O–H groups in total. The van der Waals surface area contributed by atoms with Crippen molar-refractivity contribution in [1.29, 1.82) is 0 Å². The summed E-state index contributed by atoms with van der Waals surface area (Å²) in [5, 5.41) is 33.6. The molecular formula is C53H99NO4. The molecule has 0 aliphatic rings. The molecule has 1 amide bonds. The summed E-state index contributed by atoms with van der Waals surface area (Å²) in [5.41, 5.74) is 0. The van der Waals surface area contributed by atoms with Crippen LogP contribution in [-0.4, -0.2) is 46.1 Å². The van der Waals surface area contributed by atoms with E-state index in [9.17, 15) is 20.1 Å². The molecule has 340 valence electrons. The van der Waals surface area contributed by atoms with Gasteiger partial charge in [0.25, 0.3) is 0 Å². The average molecular weight is 814 g/mol. The first-order valence-electron chi connectivity index (χ1n) is 25.4. The maximum atomic E-state index is 12.5. The molecule has 3 atom stereocenters. The molecule has 0 aliphatic carbocycles. The van der Waals surface area contributed by atoms with Crippen LogP contribution in [0.25, 0.3) is 0 Å². The topological polar surface area (TPSA) is 89.8 Å². The number of rotatable bonds is 46. The number of unbranched alkanes of at least 4 members (excludes halogenated alkanes) is 30. The van der Waals surface area contributed by atoms with Crippen molar-refractivity contribution in [2.24, 2.45) is 0 Å². The van der Waals surface area contributed by atoms with Gasteiger partial charge >= 0.3 is 0 Å². The van der Waals surface area contributed by atoms with Crippen LogP contribution in [0.1, 0.15) is 258 Å². The minimum Gasteiger partial charge on any atom is -0.394 e. The van der Waals surface area contributed by atoms with E-state index >= 15 is 0 Å². The number of hydrogen-bond donors (Lipinski definition) is 4. The Hall–Kier alpha value is -1.69. The van der Waals surface area contributed by atoms with E-state index in [-0.39, 0.29) is 12.5 Å². The van der Waals surface area contributed by atoms with Gasteiger partial charge in [-0.05, 0) is 83.5 Å². The zero-order valence-corrected chi connectivity index (χ0v) is 38.7. The summed E-state index contributed by atoms with van der Waals surface area (Å²) >= 11 is 0.